The van der Waals surface area contributed by atoms with Crippen LogP contribution in [0, 0.1) is 0 Å². The van der Waals surface area contributed by atoms with Crippen LogP contribution in [0.25, 0.3) is 0 Å². The zero-order chi connectivity index (χ0) is 16.0. The highest BCUT2D eigenvalue weighted by molar-refractivity contribution is 7.09. The number of aliphatic carboxylic acids is 1. The molecule has 0 aromatic carbocycles. The summed E-state index contributed by atoms with van der Waals surface area (Å²) in [5.74, 6) is -0.681. The highest BCUT2D eigenvalue weighted by Gasteiger charge is 2.20. The Morgan fingerprint density at radius 2 is 2.10 bits per heavy atom. The van der Waals surface area contributed by atoms with Crippen molar-refractivity contribution in [3.05, 3.63) is 16.1 Å². The molecular weight excluding hydrogens is 290 g/mol. The molecule has 1 heterocycles. The van der Waals surface area contributed by atoms with Crippen LogP contribution >= 0.6 is 11.3 Å². The number of hydrogen-bond donors (Lipinski definition) is 2. The van der Waals surface area contributed by atoms with Crippen molar-refractivity contribution >= 4 is 23.3 Å². The summed E-state index contributed by atoms with van der Waals surface area (Å²) in [6.45, 7) is 8.54. The van der Waals surface area contributed by atoms with Gasteiger partial charge in [0.15, 0.2) is 0 Å². The minimum Gasteiger partial charge on any atom is -0.480 e. The highest BCUT2D eigenvalue weighted by atomic mass is 32.1. The van der Waals surface area contributed by atoms with Crippen LogP contribution < -0.4 is 5.32 Å². The van der Waals surface area contributed by atoms with E-state index in [1.165, 1.54) is 6.92 Å². The van der Waals surface area contributed by atoms with Crippen LogP contribution in [0.3, 0.4) is 0 Å². The molecule has 2 amide bonds. The second kappa shape index (κ2) is 7.97. The van der Waals surface area contributed by atoms with Gasteiger partial charge in [-0.1, -0.05) is 20.8 Å². The van der Waals surface area contributed by atoms with E-state index in [1.54, 1.807) is 16.2 Å². The Balaban J connectivity index is 2.71. The van der Waals surface area contributed by atoms with Crippen LogP contribution in [0.2, 0.25) is 0 Å². The minimum absolute atomic E-state index is 0.365. The third-order valence-electron chi connectivity index (χ3n) is 2.91. The molecule has 0 aliphatic rings. The van der Waals surface area contributed by atoms with Crippen molar-refractivity contribution in [2.75, 3.05) is 6.54 Å². The molecule has 118 valence electrons. The monoisotopic (exact) mass is 313 g/mol. The Morgan fingerprint density at radius 3 is 2.57 bits per heavy atom. The molecule has 0 unspecified atom stereocenters. The summed E-state index contributed by atoms with van der Waals surface area (Å²) in [7, 11) is 0. The maximum atomic E-state index is 12.1. The molecule has 0 aliphatic heterocycles. The smallest absolute Gasteiger partial charge is 0.325 e. The number of amides is 2. The van der Waals surface area contributed by atoms with Crippen molar-refractivity contribution in [1.82, 2.24) is 15.2 Å². The fraction of sp³-hybridized carbons (Fsp3) is 0.643. The quantitative estimate of drug-likeness (QED) is 0.810. The standard InChI is InChI=1S/C14H23N3O3S/c1-5-6-17(14(20)15-10(4)13(18)19)7-11-8-21-12(16-11)9(2)3/h8-10H,5-7H2,1-4H3,(H,15,20)(H,18,19)/t10-/m0/s1. The molecule has 0 saturated carbocycles. The number of rotatable bonds is 7. The van der Waals surface area contributed by atoms with Crippen LogP contribution in [-0.4, -0.2) is 39.6 Å². The summed E-state index contributed by atoms with van der Waals surface area (Å²) >= 11 is 1.58. The number of aromatic nitrogens is 1. The lowest BCUT2D eigenvalue weighted by Crippen LogP contribution is -2.46. The number of hydrogen-bond acceptors (Lipinski definition) is 4. The van der Waals surface area contributed by atoms with Gasteiger partial charge in [0, 0.05) is 17.8 Å². The molecule has 21 heavy (non-hydrogen) atoms. The van der Waals surface area contributed by atoms with Gasteiger partial charge >= 0.3 is 12.0 Å². The molecule has 0 fully saturated rings. The van der Waals surface area contributed by atoms with Crippen molar-refractivity contribution in [2.24, 2.45) is 0 Å². The van der Waals surface area contributed by atoms with Crippen LogP contribution in [0.4, 0.5) is 4.79 Å². The molecule has 1 aromatic rings. The number of carboxylic acids is 1. The average Bonchev–Trinajstić information content (AvgIpc) is 2.86. The number of carbonyl (C=O) groups is 2. The van der Waals surface area contributed by atoms with Gasteiger partial charge < -0.3 is 15.3 Å². The first-order valence-electron chi connectivity index (χ1n) is 7.07. The van der Waals surface area contributed by atoms with Gasteiger partial charge in [-0.15, -0.1) is 11.3 Å². The third kappa shape index (κ3) is 5.34. The molecule has 0 bridgehead atoms. The van der Waals surface area contributed by atoms with Crippen LogP contribution in [0.5, 0.6) is 0 Å². The van der Waals surface area contributed by atoms with Crippen molar-refractivity contribution in [2.45, 2.75) is 52.6 Å². The highest BCUT2D eigenvalue weighted by Crippen LogP contribution is 2.20. The van der Waals surface area contributed by atoms with Crippen LogP contribution in [-0.2, 0) is 11.3 Å². The van der Waals surface area contributed by atoms with E-state index in [-0.39, 0.29) is 6.03 Å². The van der Waals surface area contributed by atoms with Gasteiger partial charge in [-0.3, -0.25) is 4.79 Å². The fourth-order valence-corrected chi connectivity index (χ4v) is 2.54. The molecule has 0 aliphatic carbocycles. The molecule has 0 radical (unpaired) electrons. The van der Waals surface area contributed by atoms with E-state index >= 15 is 0 Å². The molecule has 0 spiro atoms. The summed E-state index contributed by atoms with van der Waals surface area (Å²) in [6, 6.07) is -1.27. The first kappa shape index (κ1) is 17.4. The van der Waals surface area contributed by atoms with E-state index < -0.39 is 12.0 Å². The number of nitrogens with one attached hydrogen (secondary N) is 1. The van der Waals surface area contributed by atoms with Gasteiger partial charge in [0.2, 0.25) is 0 Å². The van der Waals surface area contributed by atoms with E-state index in [2.05, 4.69) is 24.1 Å². The number of thiazole rings is 1. The first-order chi connectivity index (χ1) is 9.85. The van der Waals surface area contributed by atoms with E-state index in [4.69, 9.17) is 5.11 Å². The zero-order valence-corrected chi connectivity index (χ0v) is 13.7. The lowest BCUT2D eigenvalue weighted by molar-refractivity contribution is -0.138. The zero-order valence-electron chi connectivity index (χ0n) is 12.9. The summed E-state index contributed by atoms with van der Waals surface area (Å²) in [5.41, 5.74) is 0.843. The summed E-state index contributed by atoms with van der Waals surface area (Å²) in [4.78, 5) is 29.0. The molecular formula is C14H23N3O3S. The lowest BCUT2D eigenvalue weighted by Gasteiger charge is -2.23. The Bertz CT molecular complexity index is 488. The van der Waals surface area contributed by atoms with E-state index in [0.717, 1.165) is 17.1 Å². The van der Waals surface area contributed by atoms with Crippen molar-refractivity contribution in [3.8, 4) is 0 Å². The van der Waals surface area contributed by atoms with Gasteiger partial charge in [0.05, 0.1) is 17.2 Å². The molecule has 0 saturated heterocycles. The van der Waals surface area contributed by atoms with E-state index in [9.17, 15) is 9.59 Å². The van der Waals surface area contributed by atoms with Gasteiger partial charge in [0.1, 0.15) is 6.04 Å². The third-order valence-corrected chi connectivity index (χ3v) is 4.10. The molecule has 6 nitrogen and oxygen atoms in total. The van der Waals surface area contributed by atoms with Gasteiger partial charge in [-0.05, 0) is 13.3 Å². The topological polar surface area (TPSA) is 82.5 Å². The van der Waals surface area contributed by atoms with Crippen molar-refractivity contribution < 1.29 is 14.7 Å². The number of carbonyl (C=O) groups excluding carboxylic acids is 1. The summed E-state index contributed by atoms with van der Waals surface area (Å²) in [5, 5.41) is 14.3. The Kier molecular flexibility index (Phi) is 6.61. The number of carboxylic acid groups (broad SMARTS) is 1. The normalized spacial score (nSPS) is 12.2. The first-order valence-corrected chi connectivity index (χ1v) is 7.95. The second-order valence-electron chi connectivity index (χ2n) is 5.26. The largest absolute Gasteiger partial charge is 0.480 e. The van der Waals surface area contributed by atoms with Gasteiger partial charge in [-0.25, -0.2) is 9.78 Å². The minimum atomic E-state index is -1.05. The Labute approximate surface area is 129 Å². The number of urea groups is 1. The van der Waals surface area contributed by atoms with Crippen molar-refractivity contribution in [3.63, 3.8) is 0 Å². The predicted molar refractivity (Wildman–Crippen MR) is 82.5 cm³/mol. The SMILES string of the molecule is CCCN(Cc1csc(C(C)C)n1)C(=O)N[C@@H](C)C(=O)O. The average molecular weight is 313 g/mol. The van der Waals surface area contributed by atoms with E-state index in [0.29, 0.717) is 19.0 Å². The van der Waals surface area contributed by atoms with Gasteiger partial charge in [0.25, 0.3) is 0 Å². The molecule has 2 N–H and O–H groups in total. The summed E-state index contributed by atoms with van der Waals surface area (Å²) < 4.78 is 0. The molecule has 1 aromatic heterocycles. The van der Waals surface area contributed by atoms with E-state index in [1.807, 2.05) is 12.3 Å². The van der Waals surface area contributed by atoms with Crippen LogP contribution in [0.15, 0.2) is 5.38 Å². The Hall–Kier alpha value is -1.63. The lowest BCUT2D eigenvalue weighted by atomic mass is 10.2. The van der Waals surface area contributed by atoms with Crippen LogP contribution in [0.1, 0.15) is 50.7 Å². The molecule has 1 atom stereocenters. The Morgan fingerprint density at radius 1 is 1.43 bits per heavy atom. The molecule has 1 rings (SSSR count). The van der Waals surface area contributed by atoms with Gasteiger partial charge in [-0.2, -0.15) is 0 Å². The fourth-order valence-electron chi connectivity index (χ4n) is 1.72. The molecule has 7 heteroatoms. The number of nitrogens with zero attached hydrogens (tertiary/aromatic N) is 2. The summed E-state index contributed by atoms with van der Waals surface area (Å²) in [6.07, 6.45) is 0.802. The maximum Gasteiger partial charge on any atom is 0.325 e. The van der Waals surface area contributed by atoms with Crippen molar-refractivity contribution in [1.29, 1.82) is 0 Å². The predicted octanol–water partition coefficient (Wildman–Crippen LogP) is 2.66. The maximum absolute atomic E-state index is 12.1. The second-order valence-corrected chi connectivity index (χ2v) is 6.15.